The average Bonchev–Trinajstić information content (AvgIpc) is 2.64. The number of carbonyl (C=O) groups excluding carboxylic acids is 1. The summed E-state index contributed by atoms with van der Waals surface area (Å²) in [5.74, 6) is -0.775. The molecule has 0 bridgehead atoms. The van der Waals surface area contributed by atoms with E-state index < -0.39 is 18.2 Å². The van der Waals surface area contributed by atoms with Gasteiger partial charge in [-0.1, -0.05) is 29.8 Å². The third-order valence-corrected chi connectivity index (χ3v) is 3.90. The normalized spacial score (nSPS) is 17.2. The van der Waals surface area contributed by atoms with Crippen molar-refractivity contribution in [2.45, 2.75) is 19.3 Å². The van der Waals surface area contributed by atoms with E-state index in [1.165, 1.54) is 12.1 Å². The second-order valence-electron chi connectivity index (χ2n) is 5.38. The number of fused-ring (bicyclic) bond motifs is 1. The Morgan fingerprint density at radius 3 is 2.56 bits per heavy atom. The first-order valence-electron chi connectivity index (χ1n) is 7.28. The zero-order valence-electron chi connectivity index (χ0n) is 12.9. The molecule has 0 saturated carbocycles. The lowest BCUT2D eigenvalue weighted by Gasteiger charge is -2.14. The molecule has 0 saturated heterocycles. The Hall–Kier alpha value is -2.54. The predicted molar refractivity (Wildman–Crippen MR) is 88.3 cm³/mol. The number of anilines is 1. The summed E-state index contributed by atoms with van der Waals surface area (Å²) < 4.78 is 41.5. The van der Waals surface area contributed by atoms with Crippen LogP contribution in [0.2, 0.25) is 5.02 Å². The minimum absolute atomic E-state index is 0.299. The summed E-state index contributed by atoms with van der Waals surface area (Å²) in [4.78, 5) is 16.4. The van der Waals surface area contributed by atoms with Crippen LogP contribution in [0.25, 0.3) is 0 Å². The number of benzene rings is 2. The Morgan fingerprint density at radius 2 is 1.88 bits per heavy atom. The second-order valence-corrected chi connectivity index (χ2v) is 5.79. The molecule has 130 valence electrons. The summed E-state index contributed by atoms with van der Waals surface area (Å²) in [5.41, 5.74) is 1.46. The number of amides is 1. The molecule has 3 rings (SSSR count). The number of rotatable bonds is 2. The van der Waals surface area contributed by atoms with Gasteiger partial charge in [-0.15, -0.1) is 13.2 Å². The molecule has 4 nitrogen and oxygen atoms in total. The van der Waals surface area contributed by atoms with E-state index in [9.17, 15) is 18.0 Å². The van der Waals surface area contributed by atoms with Gasteiger partial charge in [0, 0.05) is 16.1 Å². The van der Waals surface area contributed by atoms with Crippen molar-refractivity contribution in [1.29, 1.82) is 0 Å². The maximum atomic E-state index is 12.5. The molecule has 0 radical (unpaired) electrons. The molecule has 0 spiro atoms. The smallest absolute Gasteiger partial charge is 0.406 e. The molecule has 8 heteroatoms. The Labute approximate surface area is 146 Å². The molecule has 1 heterocycles. The van der Waals surface area contributed by atoms with Gasteiger partial charge in [-0.3, -0.25) is 9.79 Å². The topological polar surface area (TPSA) is 50.7 Å². The lowest BCUT2D eigenvalue weighted by Crippen LogP contribution is -2.22. The van der Waals surface area contributed by atoms with Crippen LogP contribution in [0.1, 0.15) is 18.1 Å². The highest BCUT2D eigenvalue weighted by Gasteiger charge is 2.32. The number of hydrogen-bond acceptors (Lipinski definition) is 3. The molecule has 1 atom stereocenters. The third-order valence-electron chi connectivity index (χ3n) is 3.57. The monoisotopic (exact) mass is 368 g/mol. The predicted octanol–water partition coefficient (Wildman–Crippen LogP) is 4.42. The number of alkyl halides is 3. The van der Waals surface area contributed by atoms with Gasteiger partial charge in [0.2, 0.25) is 5.91 Å². The molecule has 1 aliphatic rings. The molecule has 0 fully saturated rings. The zero-order chi connectivity index (χ0) is 18.2. The van der Waals surface area contributed by atoms with Gasteiger partial charge in [0.25, 0.3) is 0 Å². The quantitative estimate of drug-likeness (QED) is 0.853. The van der Waals surface area contributed by atoms with Gasteiger partial charge in [0.15, 0.2) is 0 Å². The summed E-state index contributed by atoms with van der Waals surface area (Å²) in [7, 11) is 0. The van der Waals surface area contributed by atoms with Gasteiger partial charge in [0.1, 0.15) is 11.8 Å². The van der Waals surface area contributed by atoms with Gasteiger partial charge >= 0.3 is 6.36 Å². The molecular weight excluding hydrogens is 357 g/mol. The van der Waals surface area contributed by atoms with E-state index in [0.717, 1.165) is 6.07 Å². The maximum absolute atomic E-state index is 12.5. The van der Waals surface area contributed by atoms with Gasteiger partial charge in [-0.05, 0) is 31.2 Å². The Balaban J connectivity index is 2.18. The van der Waals surface area contributed by atoms with E-state index in [1.807, 2.05) is 0 Å². The molecule has 0 aromatic heterocycles. The number of benzodiazepines with no additional fused rings is 1. The summed E-state index contributed by atoms with van der Waals surface area (Å²) >= 11 is 6.21. The minimum atomic E-state index is -4.82. The van der Waals surface area contributed by atoms with Crippen molar-refractivity contribution in [1.82, 2.24) is 0 Å². The third kappa shape index (κ3) is 3.76. The van der Waals surface area contributed by atoms with Gasteiger partial charge in [-0.25, -0.2) is 0 Å². The molecule has 25 heavy (non-hydrogen) atoms. The van der Waals surface area contributed by atoms with E-state index in [1.54, 1.807) is 31.2 Å². The van der Waals surface area contributed by atoms with Crippen LogP contribution in [0.3, 0.4) is 0 Å². The number of ether oxygens (including phenoxy) is 1. The number of aliphatic imine (C=N–C) groups is 1. The first-order chi connectivity index (χ1) is 11.7. The number of halogens is 4. The van der Waals surface area contributed by atoms with Crippen LogP contribution < -0.4 is 10.1 Å². The van der Waals surface area contributed by atoms with Crippen LogP contribution >= 0.6 is 11.6 Å². The van der Waals surface area contributed by atoms with Crippen LogP contribution in [0.5, 0.6) is 5.75 Å². The highest BCUT2D eigenvalue weighted by atomic mass is 35.5. The molecule has 1 unspecified atom stereocenters. The molecular formula is C17H12ClF3N2O2. The zero-order valence-corrected chi connectivity index (χ0v) is 13.7. The van der Waals surface area contributed by atoms with E-state index >= 15 is 0 Å². The van der Waals surface area contributed by atoms with Gasteiger partial charge in [-0.2, -0.15) is 0 Å². The standard InChI is InChI=1S/C17H12ClF3N2O2/c1-9-16(24)23-14-7-6-10(25-17(19,20)21)8-12(14)15(22-9)11-4-2-3-5-13(11)18/h2-9H,1H3,(H,23,24). The fraction of sp³-hybridized carbons (Fsp3) is 0.176. The van der Waals surface area contributed by atoms with E-state index in [0.29, 0.717) is 27.5 Å². The van der Waals surface area contributed by atoms with Crippen LogP contribution in [0.15, 0.2) is 47.5 Å². The van der Waals surface area contributed by atoms with Crippen molar-refractivity contribution in [2.24, 2.45) is 4.99 Å². The van der Waals surface area contributed by atoms with Crippen molar-refractivity contribution >= 4 is 28.9 Å². The van der Waals surface area contributed by atoms with E-state index in [2.05, 4.69) is 15.0 Å². The number of nitrogens with one attached hydrogen (secondary N) is 1. The van der Waals surface area contributed by atoms with Gasteiger partial charge < -0.3 is 10.1 Å². The van der Waals surface area contributed by atoms with Crippen molar-refractivity contribution in [3.05, 3.63) is 58.6 Å². The fourth-order valence-corrected chi connectivity index (χ4v) is 2.68. The summed E-state index contributed by atoms with van der Waals surface area (Å²) in [6, 6.07) is 9.70. The lowest BCUT2D eigenvalue weighted by atomic mass is 10.00. The highest BCUT2D eigenvalue weighted by Crippen LogP contribution is 2.32. The molecule has 1 N–H and O–H groups in total. The van der Waals surface area contributed by atoms with Crippen molar-refractivity contribution in [3.8, 4) is 5.75 Å². The van der Waals surface area contributed by atoms with Crippen LogP contribution in [0, 0.1) is 0 Å². The lowest BCUT2D eigenvalue weighted by molar-refractivity contribution is -0.274. The van der Waals surface area contributed by atoms with Crippen LogP contribution in [-0.2, 0) is 4.79 Å². The Bertz CT molecular complexity index is 865. The first kappa shape index (κ1) is 17.3. The number of carbonyl (C=O) groups is 1. The Morgan fingerprint density at radius 1 is 1.16 bits per heavy atom. The molecule has 1 aliphatic heterocycles. The molecule has 2 aromatic carbocycles. The van der Waals surface area contributed by atoms with Crippen LogP contribution in [-0.4, -0.2) is 24.0 Å². The minimum Gasteiger partial charge on any atom is -0.406 e. The van der Waals surface area contributed by atoms with E-state index in [-0.39, 0.29) is 5.91 Å². The molecule has 2 aromatic rings. The SMILES string of the molecule is CC1N=C(c2ccccc2Cl)c2cc(OC(F)(F)F)ccc2NC1=O. The summed E-state index contributed by atoms with van der Waals surface area (Å²) in [5, 5.41) is 3.02. The highest BCUT2D eigenvalue weighted by molar-refractivity contribution is 6.36. The fourth-order valence-electron chi connectivity index (χ4n) is 2.45. The first-order valence-corrected chi connectivity index (χ1v) is 7.66. The molecule has 1 amide bonds. The summed E-state index contributed by atoms with van der Waals surface area (Å²) in [6.07, 6.45) is -4.82. The number of hydrogen-bond donors (Lipinski definition) is 1. The van der Waals surface area contributed by atoms with Crippen molar-refractivity contribution in [2.75, 3.05) is 5.32 Å². The van der Waals surface area contributed by atoms with Crippen LogP contribution in [0.4, 0.5) is 18.9 Å². The van der Waals surface area contributed by atoms with Crippen molar-refractivity contribution < 1.29 is 22.7 Å². The second kappa shape index (κ2) is 6.40. The Kier molecular flexibility index (Phi) is 4.43. The summed E-state index contributed by atoms with van der Waals surface area (Å²) in [6.45, 7) is 1.59. The van der Waals surface area contributed by atoms with Crippen molar-refractivity contribution in [3.63, 3.8) is 0 Å². The average molecular weight is 369 g/mol. The maximum Gasteiger partial charge on any atom is 0.573 e. The largest absolute Gasteiger partial charge is 0.573 e. The van der Waals surface area contributed by atoms with Gasteiger partial charge in [0.05, 0.1) is 11.4 Å². The molecule has 0 aliphatic carbocycles. The van der Waals surface area contributed by atoms with E-state index in [4.69, 9.17) is 11.6 Å². The number of nitrogens with zero attached hydrogens (tertiary/aromatic N) is 1.